The van der Waals surface area contributed by atoms with Gasteiger partial charge in [-0.1, -0.05) is 12.1 Å². The molecular formula is C23H30O11. The molecule has 11 nitrogen and oxygen atoms in total. The fourth-order valence-electron chi connectivity index (χ4n) is 3.90. The summed E-state index contributed by atoms with van der Waals surface area (Å²) in [5.41, 5.74) is 0.913. The number of phenols is 2. The van der Waals surface area contributed by atoms with Gasteiger partial charge in [-0.3, -0.25) is 0 Å². The Morgan fingerprint density at radius 1 is 0.824 bits per heavy atom. The van der Waals surface area contributed by atoms with Crippen LogP contribution in [0, 0.1) is 0 Å². The van der Waals surface area contributed by atoms with E-state index in [-0.39, 0.29) is 23.0 Å². The highest BCUT2D eigenvalue weighted by Crippen LogP contribution is 2.41. The van der Waals surface area contributed by atoms with E-state index in [1.54, 1.807) is 6.07 Å². The molecule has 7 N–H and O–H groups in total. The monoisotopic (exact) mass is 482 g/mol. The number of aromatic hydroxyl groups is 2. The molecule has 0 radical (unpaired) electrons. The molecule has 188 valence electrons. The third-order valence-electron chi connectivity index (χ3n) is 5.86. The van der Waals surface area contributed by atoms with E-state index >= 15 is 0 Å². The molecule has 2 aromatic carbocycles. The largest absolute Gasteiger partial charge is 0.504 e. The molecule has 1 aliphatic rings. The van der Waals surface area contributed by atoms with Crippen LogP contribution in [-0.4, -0.2) is 93.9 Å². The van der Waals surface area contributed by atoms with E-state index in [0.717, 1.165) is 0 Å². The standard InChI is InChI=1S/C23H30O11/c1-31-16-7-11(3-5-14(16)26)13(9-24)22(12-4-6-15(27)17(8-12)32-2)34-23-21(30)20(29)19(28)18(10-25)33-23/h3-8,13,18-30H,9-10H2,1-2H3/t13-,18+,19-,20-,21-,22+,23+/m1/s1. The van der Waals surface area contributed by atoms with Crippen LogP contribution in [0.1, 0.15) is 23.1 Å². The summed E-state index contributed by atoms with van der Waals surface area (Å²) in [5, 5.41) is 70.5. The molecule has 1 fully saturated rings. The van der Waals surface area contributed by atoms with Gasteiger partial charge in [-0.25, -0.2) is 0 Å². The van der Waals surface area contributed by atoms with Gasteiger partial charge in [0.25, 0.3) is 0 Å². The molecule has 1 aliphatic heterocycles. The van der Waals surface area contributed by atoms with Crippen LogP contribution >= 0.6 is 0 Å². The first-order chi connectivity index (χ1) is 16.2. The Labute approximate surface area is 196 Å². The third kappa shape index (κ3) is 5.20. The van der Waals surface area contributed by atoms with E-state index in [0.29, 0.717) is 11.1 Å². The summed E-state index contributed by atoms with van der Waals surface area (Å²) in [7, 11) is 2.74. The number of aliphatic hydroxyl groups is 5. The van der Waals surface area contributed by atoms with Gasteiger partial charge in [0.1, 0.15) is 24.4 Å². The number of hydrogen-bond acceptors (Lipinski definition) is 11. The van der Waals surface area contributed by atoms with Crippen molar-refractivity contribution in [2.45, 2.75) is 42.7 Å². The molecule has 34 heavy (non-hydrogen) atoms. The van der Waals surface area contributed by atoms with Gasteiger partial charge >= 0.3 is 0 Å². The minimum absolute atomic E-state index is 0.111. The number of aliphatic hydroxyl groups excluding tert-OH is 5. The molecule has 3 rings (SSSR count). The van der Waals surface area contributed by atoms with Crippen LogP contribution in [-0.2, 0) is 9.47 Å². The highest BCUT2D eigenvalue weighted by molar-refractivity contribution is 5.46. The number of benzene rings is 2. The summed E-state index contributed by atoms with van der Waals surface area (Å²) >= 11 is 0. The average molecular weight is 482 g/mol. The normalized spacial score (nSPS) is 26.6. The molecular weight excluding hydrogens is 452 g/mol. The SMILES string of the molecule is COc1cc([C@@H](CO)[C@@H](O[C@@H]2O[C@@H](CO)[C@@H](O)[C@@H](O)[C@H]2O)c2ccc(O)c(OC)c2)ccc1O. The van der Waals surface area contributed by atoms with Crippen molar-refractivity contribution in [3.8, 4) is 23.0 Å². The second-order valence-corrected chi connectivity index (χ2v) is 7.91. The molecule has 1 heterocycles. The van der Waals surface area contributed by atoms with Gasteiger partial charge in [-0.05, 0) is 35.4 Å². The summed E-state index contributed by atoms with van der Waals surface area (Å²) < 4.78 is 21.9. The Kier molecular flexibility index (Phi) is 8.55. The second kappa shape index (κ2) is 11.2. The van der Waals surface area contributed by atoms with E-state index in [9.17, 15) is 35.7 Å². The predicted octanol–water partition coefficient (Wildman–Crippen LogP) is -0.251. The summed E-state index contributed by atoms with van der Waals surface area (Å²) in [6.07, 6.45) is -8.63. The maximum absolute atomic E-state index is 10.5. The van der Waals surface area contributed by atoms with Gasteiger partial charge in [0.15, 0.2) is 29.3 Å². The zero-order chi connectivity index (χ0) is 25.0. The Morgan fingerprint density at radius 3 is 1.91 bits per heavy atom. The fourth-order valence-corrected chi connectivity index (χ4v) is 3.90. The average Bonchev–Trinajstić information content (AvgIpc) is 2.85. The minimum Gasteiger partial charge on any atom is -0.504 e. The van der Waals surface area contributed by atoms with Gasteiger partial charge in [-0.15, -0.1) is 0 Å². The first kappa shape index (κ1) is 26.0. The highest BCUT2D eigenvalue weighted by atomic mass is 16.7. The lowest BCUT2D eigenvalue weighted by molar-refractivity contribution is -0.314. The first-order valence-electron chi connectivity index (χ1n) is 10.6. The summed E-state index contributed by atoms with van der Waals surface area (Å²) in [5.74, 6) is -0.771. The van der Waals surface area contributed by atoms with Gasteiger partial charge in [0.2, 0.25) is 0 Å². The Bertz CT molecular complexity index is 951. The van der Waals surface area contributed by atoms with Crippen LogP contribution in [0.5, 0.6) is 23.0 Å². The molecule has 0 unspecified atom stereocenters. The number of methoxy groups -OCH3 is 2. The number of ether oxygens (including phenoxy) is 4. The number of hydrogen-bond donors (Lipinski definition) is 7. The van der Waals surface area contributed by atoms with Gasteiger partial charge in [0.05, 0.1) is 33.5 Å². The van der Waals surface area contributed by atoms with Gasteiger partial charge in [0, 0.05) is 5.92 Å². The molecule has 0 bridgehead atoms. The van der Waals surface area contributed by atoms with E-state index < -0.39 is 55.9 Å². The van der Waals surface area contributed by atoms with Gasteiger partial charge in [-0.2, -0.15) is 0 Å². The smallest absolute Gasteiger partial charge is 0.187 e. The molecule has 2 aromatic rings. The molecule has 0 spiro atoms. The van der Waals surface area contributed by atoms with E-state index in [1.807, 2.05) is 0 Å². The second-order valence-electron chi connectivity index (χ2n) is 7.91. The summed E-state index contributed by atoms with van der Waals surface area (Å²) in [4.78, 5) is 0. The Morgan fingerprint density at radius 2 is 1.38 bits per heavy atom. The van der Waals surface area contributed by atoms with Crippen molar-refractivity contribution >= 4 is 0 Å². The quantitative estimate of drug-likeness (QED) is 0.251. The maximum atomic E-state index is 10.5. The third-order valence-corrected chi connectivity index (χ3v) is 5.86. The molecule has 7 atom stereocenters. The molecule has 1 saturated heterocycles. The number of rotatable bonds is 9. The zero-order valence-electron chi connectivity index (χ0n) is 18.7. The Balaban J connectivity index is 2.05. The van der Waals surface area contributed by atoms with E-state index in [4.69, 9.17) is 18.9 Å². The lowest BCUT2D eigenvalue weighted by Crippen LogP contribution is -2.59. The van der Waals surface area contributed by atoms with Crippen LogP contribution in [0.25, 0.3) is 0 Å². The van der Waals surface area contributed by atoms with Crippen molar-refractivity contribution in [1.29, 1.82) is 0 Å². The van der Waals surface area contributed by atoms with Gasteiger partial charge < -0.3 is 54.7 Å². The fraction of sp³-hybridized carbons (Fsp3) is 0.478. The molecule has 11 heteroatoms. The summed E-state index contributed by atoms with van der Waals surface area (Å²) in [6.45, 7) is -1.10. The van der Waals surface area contributed by atoms with Crippen molar-refractivity contribution < 1.29 is 54.7 Å². The number of phenolic OH excluding ortho intramolecular Hbond substituents is 2. The maximum Gasteiger partial charge on any atom is 0.187 e. The zero-order valence-corrected chi connectivity index (χ0v) is 18.7. The van der Waals surface area contributed by atoms with Crippen LogP contribution in [0.3, 0.4) is 0 Å². The van der Waals surface area contributed by atoms with Crippen LogP contribution < -0.4 is 9.47 Å². The molecule has 0 aliphatic carbocycles. The topological polar surface area (TPSA) is 179 Å². The first-order valence-corrected chi connectivity index (χ1v) is 10.6. The van der Waals surface area contributed by atoms with Crippen molar-refractivity contribution in [1.82, 2.24) is 0 Å². The minimum atomic E-state index is -1.67. The lowest BCUT2D eigenvalue weighted by Gasteiger charge is -2.42. The van der Waals surface area contributed by atoms with E-state index in [2.05, 4.69) is 0 Å². The van der Waals surface area contributed by atoms with Crippen molar-refractivity contribution in [2.24, 2.45) is 0 Å². The van der Waals surface area contributed by atoms with E-state index in [1.165, 1.54) is 44.6 Å². The van der Waals surface area contributed by atoms with Crippen molar-refractivity contribution in [3.05, 3.63) is 47.5 Å². The van der Waals surface area contributed by atoms with Crippen molar-refractivity contribution in [2.75, 3.05) is 27.4 Å². The summed E-state index contributed by atoms with van der Waals surface area (Å²) in [6, 6.07) is 8.82. The van der Waals surface area contributed by atoms with Crippen LogP contribution in [0.4, 0.5) is 0 Å². The molecule has 0 saturated carbocycles. The van der Waals surface area contributed by atoms with Crippen LogP contribution in [0.15, 0.2) is 36.4 Å². The van der Waals surface area contributed by atoms with Crippen molar-refractivity contribution in [3.63, 3.8) is 0 Å². The molecule has 0 amide bonds. The highest BCUT2D eigenvalue weighted by Gasteiger charge is 2.45. The molecule has 0 aromatic heterocycles. The Hall–Kier alpha value is -2.64. The predicted molar refractivity (Wildman–Crippen MR) is 117 cm³/mol. The lowest BCUT2D eigenvalue weighted by atomic mass is 9.88. The van der Waals surface area contributed by atoms with Crippen LogP contribution in [0.2, 0.25) is 0 Å².